The van der Waals surface area contributed by atoms with Crippen LogP contribution in [0.1, 0.15) is 48.5 Å². The Morgan fingerprint density at radius 1 is 0.667 bits per heavy atom. The molecule has 0 fully saturated rings. The summed E-state index contributed by atoms with van der Waals surface area (Å²) in [6.07, 6.45) is 3.10. The first-order chi connectivity index (χ1) is 13.1. The minimum atomic E-state index is -0.914. The molecule has 0 aromatic rings. The highest BCUT2D eigenvalue weighted by atomic mass is 31.1. The fourth-order valence-corrected chi connectivity index (χ4v) is 5.01. The molecule has 0 aliphatic heterocycles. The molecule has 8 heteroatoms. The predicted molar refractivity (Wildman–Crippen MR) is 118 cm³/mol. The molecule has 1 N–H and O–H groups in total. The zero-order valence-electron chi connectivity index (χ0n) is 18.5. The Bertz CT molecular complexity index is 310. The van der Waals surface area contributed by atoms with Gasteiger partial charge >= 0.3 is 0 Å². The third kappa shape index (κ3) is 8.88. The van der Waals surface area contributed by atoms with Crippen LogP contribution >= 0.6 is 17.2 Å². The van der Waals surface area contributed by atoms with Crippen LogP contribution in [0.4, 0.5) is 0 Å². The molecule has 0 aromatic carbocycles. The molecule has 0 saturated carbocycles. The van der Waals surface area contributed by atoms with E-state index in [1.807, 2.05) is 34.6 Å². The van der Waals surface area contributed by atoms with Crippen molar-refractivity contribution in [2.75, 3.05) is 57.6 Å². The lowest BCUT2D eigenvalue weighted by atomic mass is 10.0. The molecular weight excluding hydrogens is 384 g/mol. The van der Waals surface area contributed by atoms with Crippen molar-refractivity contribution in [3.8, 4) is 0 Å². The maximum absolute atomic E-state index is 6.27. The van der Waals surface area contributed by atoms with Crippen molar-refractivity contribution in [3.63, 3.8) is 0 Å². The molecule has 0 spiro atoms. The lowest BCUT2D eigenvalue weighted by molar-refractivity contribution is -0.372. The van der Waals surface area contributed by atoms with E-state index in [0.717, 1.165) is 24.6 Å². The van der Waals surface area contributed by atoms with Gasteiger partial charge in [-0.25, -0.2) is 5.48 Å². The minimum Gasteiger partial charge on any atom is -0.347 e. The molecule has 6 nitrogen and oxygen atoms in total. The highest BCUT2D eigenvalue weighted by Crippen LogP contribution is 2.39. The van der Waals surface area contributed by atoms with Gasteiger partial charge in [-0.3, -0.25) is 4.84 Å². The van der Waals surface area contributed by atoms with Crippen LogP contribution < -0.4 is 5.48 Å². The maximum atomic E-state index is 6.27. The quantitative estimate of drug-likeness (QED) is 0.192. The third-order valence-electron chi connectivity index (χ3n) is 3.94. The topological polar surface area (TPSA) is 58.2 Å². The molecule has 2 atom stereocenters. The Kier molecular flexibility index (Phi) is 16.8. The van der Waals surface area contributed by atoms with Gasteiger partial charge in [-0.1, -0.05) is 20.8 Å². The van der Waals surface area contributed by atoms with E-state index in [4.69, 9.17) is 23.8 Å². The van der Waals surface area contributed by atoms with E-state index in [1.165, 1.54) is 0 Å². The Hall–Kier alpha value is 0.620. The van der Waals surface area contributed by atoms with Gasteiger partial charge in [0.2, 0.25) is 11.6 Å². The summed E-state index contributed by atoms with van der Waals surface area (Å²) < 4.78 is 25.1. The van der Waals surface area contributed by atoms with E-state index in [2.05, 4.69) is 19.3 Å². The predicted octanol–water partition coefficient (Wildman–Crippen LogP) is 3.83. The van der Waals surface area contributed by atoms with Crippen LogP contribution in [0.25, 0.3) is 0 Å². The van der Waals surface area contributed by atoms with E-state index < -0.39 is 17.7 Å². The van der Waals surface area contributed by atoms with Gasteiger partial charge in [0.25, 0.3) is 0 Å². The monoisotopic (exact) mass is 427 g/mol. The van der Waals surface area contributed by atoms with Crippen LogP contribution in [0, 0.1) is 0 Å². The lowest BCUT2D eigenvalue weighted by Gasteiger charge is -2.48. The summed E-state index contributed by atoms with van der Waals surface area (Å²) in [5.41, 5.74) is 3.03. The molecule has 0 aliphatic rings. The number of nitrogens with one attached hydrogen (secondary N) is 1. The van der Waals surface area contributed by atoms with Crippen LogP contribution in [0.2, 0.25) is 0 Å². The second-order valence-electron chi connectivity index (χ2n) is 5.91. The number of hydroxylamine groups is 1. The number of rotatable bonds is 19. The maximum Gasteiger partial charge on any atom is 0.206 e. The molecule has 0 rings (SSSR count). The van der Waals surface area contributed by atoms with Crippen LogP contribution in [-0.4, -0.2) is 75.3 Å². The largest absolute Gasteiger partial charge is 0.347 e. The molecular formula is C19H43NO5P2. The van der Waals surface area contributed by atoms with Gasteiger partial charge in [-0.05, 0) is 40.0 Å². The van der Waals surface area contributed by atoms with Crippen molar-refractivity contribution in [2.45, 2.75) is 66.1 Å². The Morgan fingerprint density at radius 2 is 1.04 bits per heavy atom. The summed E-state index contributed by atoms with van der Waals surface area (Å²) in [4.78, 5) is 6.19. The number of hydrogen-bond donors (Lipinski definition) is 1. The zero-order valence-corrected chi connectivity index (χ0v) is 20.5. The standard InChI is InChI=1S/C19H43NO5P2/c1-8-20-25-17(18(21-9-2,22-10-3)15-26-13-6)19(23-11-4,24-12-5)16-27-14-7/h17,20,26-27H,8-16H2,1-7H3. The smallest absolute Gasteiger partial charge is 0.206 e. The van der Waals surface area contributed by atoms with Crippen molar-refractivity contribution in [2.24, 2.45) is 0 Å². The first-order valence-electron chi connectivity index (χ1n) is 10.4. The second kappa shape index (κ2) is 16.4. The molecule has 27 heavy (non-hydrogen) atoms. The number of ether oxygens (including phenoxy) is 4. The van der Waals surface area contributed by atoms with E-state index in [1.54, 1.807) is 0 Å². The molecule has 0 heterocycles. The Balaban J connectivity index is 6.20. The summed E-state index contributed by atoms with van der Waals surface area (Å²) in [6, 6.07) is 0. The normalized spacial score (nSPS) is 14.8. The average Bonchev–Trinajstić information content (AvgIpc) is 2.65. The molecule has 164 valence electrons. The van der Waals surface area contributed by atoms with Gasteiger partial charge in [-0.2, -0.15) is 0 Å². The van der Waals surface area contributed by atoms with Crippen molar-refractivity contribution in [1.82, 2.24) is 5.48 Å². The lowest BCUT2D eigenvalue weighted by Crippen LogP contribution is -2.66. The minimum absolute atomic E-state index is 0.532. The fraction of sp³-hybridized carbons (Fsp3) is 1.00. The van der Waals surface area contributed by atoms with Gasteiger partial charge in [0.15, 0.2) is 6.10 Å². The average molecular weight is 428 g/mol. The van der Waals surface area contributed by atoms with E-state index in [-0.39, 0.29) is 0 Å². The van der Waals surface area contributed by atoms with Crippen LogP contribution in [0.15, 0.2) is 0 Å². The van der Waals surface area contributed by atoms with Crippen molar-refractivity contribution in [1.29, 1.82) is 0 Å². The molecule has 0 aromatic heterocycles. The third-order valence-corrected chi connectivity index (χ3v) is 6.43. The van der Waals surface area contributed by atoms with E-state index >= 15 is 0 Å². The SMILES string of the molecule is CCNOC(C(CPCC)(OCC)OCC)C(CPCC)(OCC)OCC. The summed E-state index contributed by atoms with van der Waals surface area (Å²) >= 11 is 0. The van der Waals surface area contributed by atoms with Gasteiger partial charge in [0.1, 0.15) is 0 Å². The summed E-state index contributed by atoms with van der Waals surface area (Å²) in [6.45, 7) is 17.1. The van der Waals surface area contributed by atoms with Crippen LogP contribution in [0.3, 0.4) is 0 Å². The zero-order chi connectivity index (χ0) is 20.6. The van der Waals surface area contributed by atoms with Crippen molar-refractivity contribution >= 4 is 17.2 Å². The molecule has 0 aliphatic carbocycles. The van der Waals surface area contributed by atoms with Gasteiger partial charge in [0.05, 0.1) is 0 Å². The van der Waals surface area contributed by atoms with Crippen LogP contribution in [0.5, 0.6) is 0 Å². The van der Waals surface area contributed by atoms with E-state index in [9.17, 15) is 0 Å². The summed E-state index contributed by atoms with van der Waals surface area (Å²) in [7, 11) is 1.41. The second-order valence-corrected chi connectivity index (χ2v) is 9.03. The molecule has 0 saturated heterocycles. The molecule has 2 unspecified atom stereocenters. The fourth-order valence-electron chi connectivity index (χ4n) is 3.03. The summed E-state index contributed by atoms with van der Waals surface area (Å²) in [5, 5.41) is 0. The Morgan fingerprint density at radius 3 is 1.30 bits per heavy atom. The van der Waals surface area contributed by atoms with Crippen molar-refractivity contribution < 1.29 is 23.8 Å². The molecule has 0 bridgehead atoms. The first kappa shape index (κ1) is 27.6. The van der Waals surface area contributed by atoms with Crippen molar-refractivity contribution in [3.05, 3.63) is 0 Å². The highest BCUT2D eigenvalue weighted by molar-refractivity contribution is 7.38. The Labute approximate surface area is 170 Å². The van der Waals surface area contributed by atoms with Crippen LogP contribution in [-0.2, 0) is 23.8 Å². The molecule has 0 radical (unpaired) electrons. The van der Waals surface area contributed by atoms with Gasteiger partial charge < -0.3 is 18.9 Å². The summed E-state index contributed by atoms with van der Waals surface area (Å²) in [5.74, 6) is -1.83. The molecule has 0 amide bonds. The first-order valence-corrected chi connectivity index (χ1v) is 13.2. The highest BCUT2D eigenvalue weighted by Gasteiger charge is 2.56. The van der Waals surface area contributed by atoms with Gasteiger partial charge in [0, 0.05) is 45.3 Å². The number of hydrogen-bond acceptors (Lipinski definition) is 6. The van der Waals surface area contributed by atoms with E-state index in [0.29, 0.717) is 50.1 Å². The van der Waals surface area contributed by atoms with Gasteiger partial charge in [-0.15, -0.1) is 17.2 Å².